The lowest BCUT2D eigenvalue weighted by molar-refractivity contribution is 0.0599. The zero-order chi connectivity index (χ0) is 22.8. The van der Waals surface area contributed by atoms with E-state index in [2.05, 4.69) is 10.3 Å². The van der Waals surface area contributed by atoms with E-state index in [0.717, 1.165) is 16.8 Å². The molecule has 166 valence electrons. The molecule has 2 amide bonds. The Bertz CT molecular complexity index is 1310. The van der Waals surface area contributed by atoms with Crippen LogP contribution in [0.3, 0.4) is 0 Å². The summed E-state index contributed by atoms with van der Waals surface area (Å²) in [6.07, 6.45) is 5.56. The van der Waals surface area contributed by atoms with Crippen LogP contribution in [-0.2, 0) is 6.54 Å². The van der Waals surface area contributed by atoms with Crippen molar-refractivity contribution in [3.05, 3.63) is 102 Å². The van der Waals surface area contributed by atoms with Gasteiger partial charge in [0.1, 0.15) is 11.4 Å². The molecule has 0 spiro atoms. The third kappa shape index (κ3) is 4.17. The molecule has 0 saturated carbocycles. The zero-order valence-corrected chi connectivity index (χ0v) is 18.3. The second-order valence-electron chi connectivity index (χ2n) is 8.14. The van der Waals surface area contributed by atoms with Gasteiger partial charge >= 0.3 is 0 Å². The van der Waals surface area contributed by atoms with Gasteiger partial charge in [-0.3, -0.25) is 9.59 Å². The molecule has 7 nitrogen and oxygen atoms in total. The summed E-state index contributed by atoms with van der Waals surface area (Å²) in [5.74, 6) is 0.715. The van der Waals surface area contributed by atoms with Crippen molar-refractivity contribution in [3.8, 4) is 5.75 Å². The lowest BCUT2D eigenvalue weighted by Crippen LogP contribution is -2.48. The lowest BCUT2D eigenvalue weighted by atomic mass is 9.90. The summed E-state index contributed by atoms with van der Waals surface area (Å²) in [6, 6.07) is 18.8. The fourth-order valence-electron chi connectivity index (χ4n) is 4.10. The number of nitrogens with zero attached hydrogens (tertiary/aromatic N) is 3. The minimum absolute atomic E-state index is 0.0202. The molecule has 1 aliphatic heterocycles. The maximum atomic E-state index is 12.8. The minimum Gasteiger partial charge on any atom is -0.496 e. The van der Waals surface area contributed by atoms with E-state index >= 15 is 0 Å². The van der Waals surface area contributed by atoms with Gasteiger partial charge in [0.05, 0.1) is 12.7 Å². The Labute approximate surface area is 191 Å². The zero-order valence-electron chi connectivity index (χ0n) is 18.3. The Morgan fingerprint density at radius 2 is 1.85 bits per heavy atom. The maximum Gasteiger partial charge on any atom is 0.257 e. The Balaban J connectivity index is 1.16. The average Bonchev–Trinajstić information content (AvgIpc) is 3.30. The van der Waals surface area contributed by atoms with Gasteiger partial charge in [0.2, 0.25) is 0 Å². The second-order valence-corrected chi connectivity index (χ2v) is 8.14. The topological polar surface area (TPSA) is 75.9 Å². The Morgan fingerprint density at radius 3 is 2.64 bits per heavy atom. The van der Waals surface area contributed by atoms with E-state index < -0.39 is 0 Å². The van der Waals surface area contributed by atoms with Crippen LogP contribution in [0.1, 0.15) is 37.8 Å². The molecule has 33 heavy (non-hydrogen) atoms. The van der Waals surface area contributed by atoms with Crippen LogP contribution in [0.4, 0.5) is 0 Å². The van der Waals surface area contributed by atoms with Crippen LogP contribution in [0.25, 0.3) is 5.65 Å². The molecule has 7 heteroatoms. The quantitative estimate of drug-likeness (QED) is 0.498. The van der Waals surface area contributed by atoms with Crippen molar-refractivity contribution in [2.45, 2.75) is 12.5 Å². The molecule has 0 bridgehead atoms. The number of methoxy groups -OCH3 is 1. The van der Waals surface area contributed by atoms with Gasteiger partial charge in [-0.1, -0.05) is 24.3 Å². The van der Waals surface area contributed by atoms with E-state index in [1.54, 1.807) is 25.4 Å². The van der Waals surface area contributed by atoms with Crippen LogP contribution < -0.4 is 10.1 Å². The highest BCUT2D eigenvalue weighted by Crippen LogP contribution is 2.30. The Hall–Kier alpha value is -4.13. The minimum atomic E-state index is -0.119. The van der Waals surface area contributed by atoms with E-state index in [9.17, 15) is 9.59 Å². The number of benzene rings is 2. The molecule has 4 aromatic rings. The molecule has 2 aromatic heterocycles. The van der Waals surface area contributed by atoms with Crippen molar-refractivity contribution in [1.82, 2.24) is 19.6 Å². The fraction of sp³-hybridized carbons (Fsp3) is 0.192. The number of para-hydroxylation sites is 1. The van der Waals surface area contributed by atoms with Gasteiger partial charge in [-0.25, -0.2) is 4.98 Å². The summed E-state index contributed by atoms with van der Waals surface area (Å²) in [5, 5.41) is 2.96. The highest BCUT2D eigenvalue weighted by molar-refractivity contribution is 5.97. The first-order valence-corrected chi connectivity index (χ1v) is 10.8. The van der Waals surface area contributed by atoms with Crippen molar-refractivity contribution in [1.29, 1.82) is 0 Å². The molecule has 0 unspecified atom stereocenters. The number of carbonyl (C=O) groups is 2. The molecule has 1 N–H and O–H groups in total. The molecular weight excluding hydrogens is 416 g/mol. The first-order chi connectivity index (χ1) is 16.1. The van der Waals surface area contributed by atoms with Gasteiger partial charge in [0.25, 0.3) is 11.8 Å². The smallest absolute Gasteiger partial charge is 0.257 e. The molecule has 1 fully saturated rings. The van der Waals surface area contributed by atoms with E-state index in [-0.39, 0.29) is 17.7 Å². The van der Waals surface area contributed by atoms with E-state index in [1.165, 1.54) is 0 Å². The fourth-order valence-corrected chi connectivity index (χ4v) is 4.10. The number of hydrogen-bond acceptors (Lipinski definition) is 4. The van der Waals surface area contributed by atoms with Gasteiger partial charge in [-0.05, 0) is 47.5 Å². The summed E-state index contributed by atoms with van der Waals surface area (Å²) >= 11 is 0. The molecule has 3 heterocycles. The van der Waals surface area contributed by atoms with Crippen molar-refractivity contribution >= 4 is 17.5 Å². The van der Waals surface area contributed by atoms with E-state index in [4.69, 9.17) is 4.74 Å². The molecule has 1 saturated heterocycles. The third-order valence-electron chi connectivity index (χ3n) is 6.07. The number of imidazole rings is 1. The molecule has 0 atom stereocenters. The van der Waals surface area contributed by atoms with Gasteiger partial charge in [-0.2, -0.15) is 0 Å². The number of aromatic nitrogens is 2. The number of hydrogen-bond donors (Lipinski definition) is 1. The predicted octanol–water partition coefficient (Wildman–Crippen LogP) is 3.51. The first kappa shape index (κ1) is 20.8. The van der Waals surface area contributed by atoms with Gasteiger partial charge in [0.15, 0.2) is 0 Å². The summed E-state index contributed by atoms with van der Waals surface area (Å²) < 4.78 is 7.23. The van der Waals surface area contributed by atoms with E-state index in [0.29, 0.717) is 36.5 Å². The highest BCUT2D eigenvalue weighted by Gasteiger charge is 2.33. The number of fused-ring (bicyclic) bond motifs is 1. The summed E-state index contributed by atoms with van der Waals surface area (Å²) in [5.41, 5.74) is 4.16. The lowest BCUT2D eigenvalue weighted by Gasteiger charge is -2.39. The Kier molecular flexibility index (Phi) is 5.52. The van der Waals surface area contributed by atoms with Gasteiger partial charge in [-0.15, -0.1) is 0 Å². The molecule has 0 radical (unpaired) electrons. The number of amides is 2. The molecule has 1 aliphatic rings. The third-order valence-corrected chi connectivity index (χ3v) is 6.07. The normalized spacial score (nSPS) is 13.5. The van der Waals surface area contributed by atoms with Crippen LogP contribution in [0.15, 0.2) is 79.3 Å². The summed E-state index contributed by atoms with van der Waals surface area (Å²) in [6.45, 7) is 1.74. The number of likely N-dealkylation sites (tertiary alicyclic amines) is 1. The number of carbonyl (C=O) groups excluding carboxylic acids is 2. The second kappa shape index (κ2) is 8.78. The summed E-state index contributed by atoms with van der Waals surface area (Å²) in [7, 11) is 1.57. The predicted molar refractivity (Wildman–Crippen MR) is 124 cm³/mol. The molecular formula is C26H24N4O3. The molecule has 0 aliphatic carbocycles. The number of ether oxygens (including phenoxy) is 1. The van der Waals surface area contributed by atoms with Crippen LogP contribution >= 0.6 is 0 Å². The van der Waals surface area contributed by atoms with Gasteiger partial charge < -0.3 is 19.4 Å². The monoisotopic (exact) mass is 440 g/mol. The Morgan fingerprint density at radius 1 is 1.06 bits per heavy atom. The largest absolute Gasteiger partial charge is 0.496 e. The average molecular weight is 441 g/mol. The van der Waals surface area contributed by atoms with Crippen LogP contribution in [0.2, 0.25) is 0 Å². The van der Waals surface area contributed by atoms with Crippen LogP contribution in [0, 0.1) is 0 Å². The maximum absolute atomic E-state index is 12.8. The summed E-state index contributed by atoms with van der Waals surface area (Å²) in [4.78, 5) is 31.4. The molecule has 2 aromatic carbocycles. The van der Waals surface area contributed by atoms with Crippen molar-refractivity contribution in [2.75, 3.05) is 20.2 Å². The van der Waals surface area contributed by atoms with E-state index in [1.807, 2.05) is 70.2 Å². The number of pyridine rings is 1. The standard InChI is InChI=1S/C26H24N4O3/c1-33-23-5-3-2-4-22(23)26(32)30-16-21(17-30)19-6-8-20(9-7-19)25(31)28-15-18-10-12-29-13-11-27-24(29)14-18/h2-14,21H,15-17H2,1H3,(H,28,31). The number of nitrogens with one attached hydrogen (secondary N) is 1. The van der Waals surface area contributed by atoms with Crippen LogP contribution in [-0.4, -0.2) is 46.3 Å². The first-order valence-electron chi connectivity index (χ1n) is 10.8. The number of rotatable bonds is 6. The van der Waals surface area contributed by atoms with Crippen LogP contribution in [0.5, 0.6) is 5.75 Å². The highest BCUT2D eigenvalue weighted by atomic mass is 16.5. The van der Waals surface area contributed by atoms with Crippen molar-refractivity contribution in [3.63, 3.8) is 0 Å². The van der Waals surface area contributed by atoms with Crippen molar-refractivity contribution in [2.24, 2.45) is 0 Å². The van der Waals surface area contributed by atoms with Gasteiger partial charge in [0, 0.05) is 49.7 Å². The molecule has 5 rings (SSSR count). The SMILES string of the molecule is COc1ccccc1C(=O)N1CC(c2ccc(C(=O)NCc3ccn4ccnc4c3)cc2)C1. The van der Waals surface area contributed by atoms with Crippen molar-refractivity contribution < 1.29 is 14.3 Å².